The Morgan fingerprint density at radius 2 is 1.85 bits per heavy atom. The van der Waals surface area contributed by atoms with Crippen molar-refractivity contribution in [3.05, 3.63) is 51.9 Å². The Balaban J connectivity index is 2.31. The highest BCUT2D eigenvalue weighted by atomic mass is 127. The van der Waals surface area contributed by atoms with Gasteiger partial charge in [0.25, 0.3) is 10.0 Å². The molecule has 0 aliphatic rings. The zero-order chi connectivity index (χ0) is 14.8. The largest absolute Gasteiger partial charge is 0.478 e. The molecule has 0 aliphatic heterocycles. The van der Waals surface area contributed by atoms with E-state index in [0.717, 1.165) is 9.77 Å². The van der Waals surface area contributed by atoms with Gasteiger partial charge in [0.1, 0.15) is 0 Å². The van der Waals surface area contributed by atoms with Crippen LogP contribution in [0.25, 0.3) is 0 Å². The van der Waals surface area contributed by atoms with E-state index in [1.807, 2.05) is 0 Å². The molecule has 0 atom stereocenters. The van der Waals surface area contributed by atoms with Crippen LogP contribution in [0.1, 0.15) is 10.4 Å². The molecule has 1 aromatic heterocycles. The summed E-state index contributed by atoms with van der Waals surface area (Å²) in [6.07, 6.45) is 2.39. The fourth-order valence-electron chi connectivity index (χ4n) is 1.44. The molecule has 2 aromatic rings. The summed E-state index contributed by atoms with van der Waals surface area (Å²) in [6.45, 7) is 0. The molecule has 2 rings (SSSR count). The molecule has 0 aliphatic carbocycles. The maximum atomic E-state index is 12.1. The number of rotatable bonds is 4. The smallest absolute Gasteiger partial charge is 0.337 e. The Kier molecular flexibility index (Phi) is 4.23. The van der Waals surface area contributed by atoms with Gasteiger partial charge in [-0.05, 0) is 52.9 Å². The van der Waals surface area contributed by atoms with Gasteiger partial charge in [-0.1, -0.05) is 0 Å². The van der Waals surface area contributed by atoms with Gasteiger partial charge in [0.05, 0.1) is 22.3 Å². The van der Waals surface area contributed by atoms with E-state index in [1.165, 1.54) is 24.4 Å². The molecular formula is C12H9IN2O4S. The van der Waals surface area contributed by atoms with E-state index in [0.29, 0.717) is 0 Å². The molecule has 0 saturated heterocycles. The second-order valence-corrected chi connectivity index (χ2v) is 6.75. The van der Waals surface area contributed by atoms with E-state index in [4.69, 9.17) is 5.11 Å². The van der Waals surface area contributed by atoms with Gasteiger partial charge in [-0.2, -0.15) is 0 Å². The van der Waals surface area contributed by atoms with Crippen LogP contribution in [-0.2, 0) is 10.0 Å². The number of nitrogens with one attached hydrogen (secondary N) is 1. The van der Waals surface area contributed by atoms with Crippen LogP contribution in [-0.4, -0.2) is 24.5 Å². The molecule has 104 valence electrons. The summed E-state index contributed by atoms with van der Waals surface area (Å²) in [5.74, 6) is -1.17. The second kappa shape index (κ2) is 5.75. The topological polar surface area (TPSA) is 96.4 Å². The average molecular weight is 404 g/mol. The highest BCUT2D eigenvalue weighted by Crippen LogP contribution is 2.17. The van der Waals surface area contributed by atoms with Crippen LogP contribution in [0.4, 0.5) is 5.69 Å². The number of pyridine rings is 1. The van der Waals surface area contributed by atoms with Gasteiger partial charge in [0.15, 0.2) is 0 Å². The minimum atomic E-state index is -3.76. The van der Waals surface area contributed by atoms with Crippen molar-refractivity contribution < 1.29 is 18.3 Å². The number of aromatic carboxylic acids is 1. The van der Waals surface area contributed by atoms with Crippen LogP contribution in [0, 0.1) is 3.57 Å². The van der Waals surface area contributed by atoms with Crippen molar-refractivity contribution in [1.29, 1.82) is 0 Å². The predicted octanol–water partition coefficient (Wildman–Crippen LogP) is 2.19. The molecule has 0 unspecified atom stereocenters. The number of hydrogen-bond acceptors (Lipinski definition) is 4. The molecule has 0 bridgehead atoms. The van der Waals surface area contributed by atoms with Gasteiger partial charge in [-0.3, -0.25) is 9.71 Å². The first-order valence-electron chi connectivity index (χ1n) is 5.35. The Morgan fingerprint density at radius 1 is 1.20 bits per heavy atom. The standard InChI is InChI=1S/C12H9IN2O4S/c13-9-1-3-11(4-2-9)20(18,19)15-10-5-8(12(16)17)6-14-7-10/h1-7,15H,(H,16,17). The van der Waals surface area contributed by atoms with Gasteiger partial charge in [0.2, 0.25) is 0 Å². The number of aromatic nitrogens is 1. The number of carbonyl (C=O) groups is 1. The lowest BCUT2D eigenvalue weighted by molar-refractivity contribution is 0.0696. The molecule has 8 heteroatoms. The number of halogens is 1. The van der Waals surface area contributed by atoms with Crippen LogP contribution in [0.2, 0.25) is 0 Å². The van der Waals surface area contributed by atoms with Crippen molar-refractivity contribution in [2.24, 2.45) is 0 Å². The van der Waals surface area contributed by atoms with Crippen LogP contribution < -0.4 is 4.72 Å². The Bertz CT molecular complexity index is 744. The van der Waals surface area contributed by atoms with E-state index < -0.39 is 16.0 Å². The number of anilines is 1. The maximum Gasteiger partial charge on any atom is 0.337 e. The summed E-state index contributed by atoms with van der Waals surface area (Å²) in [4.78, 5) is 14.6. The van der Waals surface area contributed by atoms with Crippen molar-refractivity contribution >= 4 is 44.3 Å². The summed E-state index contributed by atoms with van der Waals surface area (Å²) in [7, 11) is -3.76. The molecule has 0 radical (unpaired) electrons. The quantitative estimate of drug-likeness (QED) is 0.762. The number of nitrogens with zero attached hydrogens (tertiary/aromatic N) is 1. The molecule has 20 heavy (non-hydrogen) atoms. The molecule has 0 amide bonds. The van der Waals surface area contributed by atoms with Crippen molar-refractivity contribution in [3.63, 3.8) is 0 Å². The molecular weight excluding hydrogens is 395 g/mol. The van der Waals surface area contributed by atoms with Crippen LogP contribution in [0.15, 0.2) is 47.6 Å². The summed E-state index contributed by atoms with van der Waals surface area (Å²) >= 11 is 2.07. The third-order valence-electron chi connectivity index (χ3n) is 2.36. The van der Waals surface area contributed by atoms with Gasteiger partial charge in [-0.15, -0.1) is 0 Å². The van der Waals surface area contributed by atoms with Crippen molar-refractivity contribution in [2.75, 3.05) is 4.72 Å². The number of benzene rings is 1. The number of sulfonamides is 1. The third-order valence-corrected chi connectivity index (χ3v) is 4.48. The lowest BCUT2D eigenvalue weighted by atomic mass is 10.3. The lowest BCUT2D eigenvalue weighted by Crippen LogP contribution is -2.13. The normalized spacial score (nSPS) is 11.1. The first-order valence-corrected chi connectivity index (χ1v) is 7.91. The van der Waals surface area contributed by atoms with E-state index in [1.54, 1.807) is 12.1 Å². The average Bonchev–Trinajstić information content (AvgIpc) is 2.39. The van der Waals surface area contributed by atoms with Gasteiger partial charge in [-0.25, -0.2) is 13.2 Å². The van der Waals surface area contributed by atoms with Crippen molar-refractivity contribution in [3.8, 4) is 0 Å². The summed E-state index contributed by atoms with van der Waals surface area (Å²) in [6, 6.07) is 7.48. The van der Waals surface area contributed by atoms with E-state index in [-0.39, 0.29) is 16.1 Å². The maximum absolute atomic E-state index is 12.1. The molecule has 6 nitrogen and oxygen atoms in total. The third kappa shape index (κ3) is 3.45. The van der Waals surface area contributed by atoms with E-state index in [9.17, 15) is 13.2 Å². The van der Waals surface area contributed by atoms with Crippen molar-refractivity contribution in [2.45, 2.75) is 4.90 Å². The monoisotopic (exact) mass is 404 g/mol. The van der Waals surface area contributed by atoms with Crippen LogP contribution in [0.3, 0.4) is 0 Å². The zero-order valence-corrected chi connectivity index (χ0v) is 12.9. The van der Waals surface area contributed by atoms with E-state index in [2.05, 4.69) is 32.3 Å². The second-order valence-electron chi connectivity index (χ2n) is 3.83. The zero-order valence-electron chi connectivity index (χ0n) is 9.95. The predicted molar refractivity (Wildman–Crippen MR) is 81.2 cm³/mol. The van der Waals surface area contributed by atoms with Crippen LogP contribution >= 0.6 is 22.6 Å². The fourth-order valence-corrected chi connectivity index (χ4v) is 2.83. The molecule has 0 saturated carbocycles. The Labute approximate surface area is 129 Å². The first kappa shape index (κ1) is 14.7. The molecule has 1 aromatic carbocycles. The Morgan fingerprint density at radius 3 is 2.45 bits per heavy atom. The SMILES string of the molecule is O=C(O)c1cncc(NS(=O)(=O)c2ccc(I)cc2)c1. The highest BCUT2D eigenvalue weighted by Gasteiger charge is 2.15. The Hall–Kier alpha value is -1.68. The molecule has 2 N–H and O–H groups in total. The minimum absolute atomic E-state index is 0.0900. The summed E-state index contributed by atoms with van der Waals surface area (Å²) in [5.41, 5.74) is 0.0104. The number of carboxylic acid groups (broad SMARTS) is 1. The molecule has 0 fully saturated rings. The van der Waals surface area contributed by atoms with Crippen molar-refractivity contribution in [1.82, 2.24) is 4.98 Å². The first-order chi connectivity index (χ1) is 9.38. The van der Waals surface area contributed by atoms with Gasteiger partial charge < -0.3 is 5.11 Å². The number of carboxylic acids is 1. The van der Waals surface area contributed by atoms with Gasteiger partial charge >= 0.3 is 5.97 Å². The fraction of sp³-hybridized carbons (Fsp3) is 0. The van der Waals surface area contributed by atoms with Crippen LogP contribution in [0.5, 0.6) is 0 Å². The van der Waals surface area contributed by atoms with E-state index >= 15 is 0 Å². The number of hydrogen-bond donors (Lipinski definition) is 2. The lowest BCUT2D eigenvalue weighted by Gasteiger charge is -2.08. The summed E-state index contributed by atoms with van der Waals surface area (Å²) in [5, 5.41) is 8.84. The molecule has 1 heterocycles. The highest BCUT2D eigenvalue weighted by molar-refractivity contribution is 14.1. The van der Waals surface area contributed by atoms with Gasteiger partial charge in [0, 0.05) is 9.77 Å². The minimum Gasteiger partial charge on any atom is -0.478 e. The molecule has 0 spiro atoms. The summed E-state index contributed by atoms with van der Waals surface area (Å²) < 4.78 is 27.4.